The fourth-order valence-electron chi connectivity index (χ4n) is 2.54. The molecule has 2 aromatic rings. The zero-order chi connectivity index (χ0) is 13.2. The highest BCUT2D eigenvalue weighted by Gasteiger charge is 2.29. The van der Waals surface area contributed by atoms with E-state index in [0.717, 1.165) is 17.4 Å². The lowest BCUT2D eigenvalue weighted by atomic mass is 9.91. The van der Waals surface area contributed by atoms with Gasteiger partial charge in [-0.2, -0.15) is 0 Å². The molecule has 1 aromatic carbocycles. The number of aromatic nitrogens is 1. The lowest BCUT2D eigenvalue weighted by Gasteiger charge is -2.33. The third kappa shape index (κ3) is 2.51. The molecule has 19 heavy (non-hydrogen) atoms. The molecule has 0 radical (unpaired) electrons. The van der Waals surface area contributed by atoms with Crippen molar-refractivity contribution in [1.82, 2.24) is 10.3 Å². The average Bonchev–Trinajstić information content (AvgIpc) is 2.96. The summed E-state index contributed by atoms with van der Waals surface area (Å²) in [4.78, 5) is 4.39. The first-order valence-corrected chi connectivity index (χ1v) is 7.51. The zero-order valence-corrected chi connectivity index (χ0v) is 12.0. The first-order valence-electron chi connectivity index (χ1n) is 6.63. The number of nitrogens with zero attached hydrogens (tertiary/aromatic N) is 1. The average molecular weight is 274 g/mol. The van der Waals surface area contributed by atoms with Gasteiger partial charge in [-0.3, -0.25) is 0 Å². The van der Waals surface area contributed by atoms with Gasteiger partial charge in [0.15, 0.2) is 0 Å². The Morgan fingerprint density at radius 3 is 3.05 bits per heavy atom. The number of thiazole rings is 1. The highest BCUT2D eigenvalue weighted by Crippen LogP contribution is 2.36. The molecule has 0 aliphatic carbocycles. The summed E-state index contributed by atoms with van der Waals surface area (Å²) in [7, 11) is 0. The van der Waals surface area contributed by atoms with Gasteiger partial charge in [-0.1, -0.05) is 25.1 Å². The predicted molar refractivity (Wildman–Crippen MR) is 77.5 cm³/mol. The van der Waals surface area contributed by atoms with Gasteiger partial charge in [0.05, 0.1) is 12.6 Å². The molecule has 4 heteroatoms. The van der Waals surface area contributed by atoms with E-state index in [1.165, 1.54) is 5.56 Å². The summed E-state index contributed by atoms with van der Waals surface area (Å²) in [6.07, 6.45) is 1.86. The van der Waals surface area contributed by atoms with Crippen LogP contribution < -0.4 is 10.1 Å². The lowest BCUT2D eigenvalue weighted by molar-refractivity contribution is 0.182. The van der Waals surface area contributed by atoms with E-state index >= 15 is 0 Å². The number of rotatable bonds is 3. The van der Waals surface area contributed by atoms with Crippen molar-refractivity contribution in [2.75, 3.05) is 6.61 Å². The fraction of sp³-hybridized carbons (Fsp3) is 0.400. The molecule has 3 rings (SSSR count). The summed E-state index contributed by atoms with van der Waals surface area (Å²) in [6.45, 7) is 5.16. The number of benzene rings is 1. The minimum absolute atomic E-state index is 0.263. The second-order valence-electron chi connectivity index (χ2n) is 5.06. The van der Waals surface area contributed by atoms with Gasteiger partial charge in [-0.25, -0.2) is 4.98 Å². The molecule has 0 saturated carbocycles. The second-order valence-corrected chi connectivity index (χ2v) is 5.99. The van der Waals surface area contributed by atoms with Crippen molar-refractivity contribution in [2.45, 2.75) is 25.9 Å². The van der Waals surface area contributed by atoms with E-state index in [0.29, 0.717) is 12.0 Å². The molecule has 1 N–H and O–H groups in total. The van der Waals surface area contributed by atoms with Gasteiger partial charge in [-0.15, -0.1) is 11.3 Å². The molecule has 0 amide bonds. The smallest absolute Gasteiger partial charge is 0.124 e. The van der Waals surface area contributed by atoms with E-state index in [1.807, 2.05) is 23.7 Å². The van der Waals surface area contributed by atoms with Gasteiger partial charge in [0, 0.05) is 29.1 Å². The summed E-state index contributed by atoms with van der Waals surface area (Å²) < 4.78 is 5.79. The molecule has 3 unspecified atom stereocenters. The third-order valence-electron chi connectivity index (χ3n) is 3.58. The molecular weight excluding hydrogens is 256 g/mol. The Bertz CT molecular complexity index is 541. The van der Waals surface area contributed by atoms with Crippen molar-refractivity contribution in [2.24, 2.45) is 5.92 Å². The molecule has 1 aliphatic rings. The topological polar surface area (TPSA) is 34.1 Å². The van der Waals surface area contributed by atoms with Gasteiger partial charge in [0.2, 0.25) is 0 Å². The standard InChI is InChI=1S/C15H18N2OS/c1-10-9-18-13-6-4-3-5-12(13)14(10)17-11(2)15-16-7-8-19-15/h3-8,10-11,14,17H,9H2,1-2H3. The Kier molecular flexibility index (Phi) is 3.53. The van der Waals surface area contributed by atoms with Crippen molar-refractivity contribution in [3.8, 4) is 5.75 Å². The van der Waals surface area contributed by atoms with Crippen LogP contribution >= 0.6 is 11.3 Å². The van der Waals surface area contributed by atoms with Gasteiger partial charge < -0.3 is 10.1 Å². The first kappa shape index (κ1) is 12.6. The van der Waals surface area contributed by atoms with Gasteiger partial charge in [0.25, 0.3) is 0 Å². The minimum atomic E-state index is 0.263. The number of ether oxygens (including phenoxy) is 1. The van der Waals surface area contributed by atoms with Crippen LogP contribution in [0.4, 0.5) is 0 Å². The fourth-order valence-corrected chi connectivity index (χ4v) is 3.19. The van der Waals surface area contributed by atoms with E-state index in [-0.39, 0.29) is 6.04 Å². The number of nitrogens with one attached hydrogen (secondary N) is 1. The van der Waals surface area contributed by atoms with Crippen LogP contribution in [0.5, 0.6) is 5.75 Å². The normalized spacial score (nSPS) is 23.5. The second kappa shape index (κ2) is 5.31. The Morgan fingerprint density at radius 2 is 2.26 bits per heavy atom. The molecule has 100 valence electrons. The maximum Gasteiger partial charge on any atom is 0.124 e. The molecular formula is C15H18N2OS. The third-order valence-corrected chi connectivity index (χ3v) is 4.53. The van der Waals surface area contributed by atoms with E-state index in [4.69, 9.17) is 4.74 Å². The van der Waals surface area contributed by atoms with Crippen molar-refractivity contribution in [1.29, 1.82) is 0 Å². The van der Waals surface area contributed by atoms with Crippen LogP contribution in [0.1, 0.15) is 36.5 Å². The van der Waals surface area contributed by atoms with Gasteiger partial charge in [-0.05, 0) is 13.0 Å². The number of hydrogen-bond donors (Lipinski definition) is 1. The van der Waals surface area contributed by atoms with Crippen molar-refractivity contribution in [3.05, 3.63) is 46.4 Å². The lowest BCUT2D eigenvalue weighted by Crippen LogP contribution is -2.35. The largest absolute Gasteiger partial charge is 0.493 e. The van der Waals surface area contributed by atoms with Crippen molar-refractivity contribution < 1.29 is 4.74 Å². The summed E-state index contributed by atoms with van der Waals surface area (Å²) in [5.74, 6) is 1.46. The molecule has 3 nitrogen and oxygen atoms in total. The van der Waals surface area contributed by atoms with Crippen LogP contribution in [0.3, 0.4) is 0 Å². The molecule has 0 spiro atoms. The Balaban J connectivity index is 1.84. The van der Waals surface area contributed by atoms with Crippen LogP contribution in [0.25, 0.3) is 0 Å². The predicted octanol–water partition coefficient (Wildman–Crippen LogP) is 3.56. The molecule has 3 atom stereocenters. The van der Waals surface area contributed by atoms with E-state index in [1.54, 1.807) is 11.3 Å². The molecule has 0 saturated heterocycles. The maximum atomic E-state index is 5.79. The quantitative estimate of drug-likeness (QED) is 0.929. The first-order chi connectivity index (χ1) is 9.25. The molecule has 1 aliphatic heterocycles. The Hall–Kier alpha value is -1.39. The number of para-hydroxylation sites is 1. The Labute approximate surface area is 117 Å². The molecule has 0 fully saturated rings. The number of hydrogen-bond acceptors (Lipinski definition) is 4. The van der Waals surface area contributed by atoms with Crippen LogP contribution in [0.15, 0.2) is 35.8 Å². The summed E-state index contributed by atoms with van der Waals surface area (Å²) in [5, 5.41) is 6.85. The van der Waals surface area contributed by atoms with E-state index in [2.05, 4.69) is 36.3 Å². The maximum absolute atomic E-state index is 5.79. The van der Waals surface area contributed by atoms with Gasteiger partial charge in [0.1, 0.15) is 10.8 Å². The SMILES string of the molecule is CC(NC1c2ccccc2OCC1C)c1nccs1. The summed E-state index contributed by atoms with van der Waals surface area (Å²) >= 11 is 1.70. The van der Waals surface area contributed by atoms with Gasteiger partial charge >= 0.3 is 0 Å². The highest BCUT2D eigenvalue weighted by atomic mass is 32.1. The van der Waals surface area contributed by atoms with Crippen LogP contribution in [-0.4, -0.2) is 11.6 Å². The van der Waals surface area contributed by atoms with Crippen LogP contribution in [0, 0.1) is 5.92 Å². The van der Waals surface area contributed by atoms with Crippen LogP contribution in [0.2, 0.25) is 0 Å². The molecule has 1 aromatic heterocycles. The monoisotopic (exact) mass is 274 g/mol. The zero-order valence-electron chi connectivity index (χ0n) is 11.2. The van der Waals surface area contributed by atoms with Crippen LogP contribution in [-0.2, 0) is 0 Å². The summed E-state index contributed by atoms with van der Waals surface area (Å²) in [6, 6.07) is 8.88. The van der Waals surface area contributed by atoms with E-state index in [9.17, 15) is 0 Å². The highest BCUT2D eigenvalue weighted by molar-refractivity contribution is 7.09. The number of fused-ring (bicyclic) bond motifs is 1. The van der Waals surface area contributed by atoms with Crippen molar-refractivity contribution in [3.63, 3.8) is 0 Å². The molecule has 0 bridgehead atoms. The summed E-state index contributed by atoms with van der Waals surface area (Å²) in [5.41, 5.74) is 1.25. The van der Waals surface area contributed by atoms with E-state index < -0.39 is 0 Å². The van der Waals surface area contributed by atoms with Crippen molar-refractivity contribution >= 4 is 11.3 Å². The minimum Gasteiger partial charge on any atom is -0.493 e. The Morgan fingerprint density at radius 1 is 1.42 bits per heavy atom. The molecule has 2 heterocycles.